The Morgan fingerprint density at radius 1 is 1.42 bits per heavy atom. The summed E-state index contributed by atoms with van der Waals surface area (Å²) in [6.07, 6.45) is 5.54. The maximum absolute atomic E-state index is 11.1. The second-order valence-electron chi connectivity index (χ2n) is 5.46. The number of hydrogen-bond acceptors (Lipinski definition) is 2. The maximum atomic E-state index is 11.1. The van der Waals surface area contributed by atoms with E-state index >= 15 is 0 Å². The fourth-order valence-electron chi connectivity index (χ4n) is 2.00. The Hall–Kier alpha value is -1.54. The van der Waals surface area contributed by atoms with Crippen molar-refractivity contribution in [3.05, 3.63) is 47.0 Å². The van der Waals surface area contributed by atoms with Gasteiger partial charge in [-0.05, 0) is 36.8 Å². The van der Waals surface area contributed by atoms with Crippen LogP contribution in [0.2, 0.25) is 5.02 Å². The minimum Gasteiger partial charge on any atom is -0.492 e. The van der Waals surface area contributed by atoms with Gasteiger partial charge in [0.15, 0.2) is 5.78 Å². The number of ketones is 1. The highest BCUT2D eigenvalue weighted by Crippen LogP contribution is 2.37. The molecule has 19 heavy (non-hydrogen) atoms. The number of carbonyl (C=O) groups excluding carboxylic acids is 1. The van der Waals surface area contributed by atoms with Gasteiger partial charge in [-0.1, -0.05) is 37.6 Å². The van der Waals surface area contributed by atoms with Crippen LogP contribution in [0.4, 0.5) is 0 Å². The minimum absolute atomic E-state index is 0.0272. The van der Waals surface area contributed by atoms with Crippen LogP contribution in [0.25, 0.3) is 5.57 Å². The van der Waals surface area contributed by atoms with Crippen LogP contribution in [0.3, 0.4) is 0 Å². The largest absolute Gasteiger partial charge is 0.492 e. The van der Waals surface area contributed by atoms with Gasteiger partial charge in [0.2, 0.25) is 0 Å². The number of halogens is 1. The molecule has 1 aliphatic rings. The zero-order chi connectivity index (χ0) is 14.0. The van der Waals surface area contributed by atoms with E-state index in [2.05, 4.69) is 19.9 Å². The molecule has 1 aromatic carbocycles. The van der Waals surface area contributed by atoms with E-state index < -0.39 is 0 Å². The highest BCUT2D eigenvalue weighted by Gasteiger charge is 2.22. The molecule has 0 aliphatic carbocycles. The van der Waals surface area contributed by atoms with Crippen molar-refractivity contribution in [2.45, 2.75) is 20.8 Å². The van der Waals surface area contributed by atoms with Crippen LogP contribution in [0.15, 0.2) is 36.4 Å². The third-order valence-electron chi connectivity index (χ3n) is 2.90. The number of hydrogen-bond donors (Lipinski definition) is 0. The fourth-order valence-corrected chi connectivity index (χ4v) is 2.17. The lowest BCUT2D eigenvalue weighted by atomic mass is 9.90. The van der Waals surface area contributed by atoms with Gasteiger partial charge in [0, 0.05) is 16.0 Å². The Morgan fingerprint density at radius 3 is 2.84 bits per heavy atom. The van der Waals surface area contributed by atoms with Crippen LogP contribution in [-0.4, -0.2) is 12.4 Å². The molecule has 2 nitrogen and oxygen atoms in total. The van der Waals surface area contributed by atoms with E-state index in [-0.39, 0.29) is 11.2 Å². The van der Waals surface area contributed by atoms with Gasteiger partial charge in [-0.15, -0.1) is 0 Å². The van der Waals surface area contributed by atoms with Crippen molar-refractivity contribution in [3.63, 3.8) is 0 Å². The Balaban J connectivity index is 2.52. The van der Waals surface area contributed by atoms with Crippen LogP contribution in [0.1, 0.15) is 26.3 Å². The summed E-state index contributed by atoms with van der Waals surface area (Å²) in [7, 11) is 0. The number of fused-ring (bicyclic) bond motifs is 1. The SMILES string of the molecule is CC(=O)/C=C/C1=CC(C)(C)COc2cc(Cl)ccc21. The summed E-state index contributed by atoms with van der Waals surface area (Å²) in [5.74, 6) is 0.789. The first-order valence-electron chi connectivity index (χ1n) is 6.22. The molecule has 0 spiro atoms. The lowest BCUT2D eigenvalue weighted by Crippen LogP contribution is -2.17. The van der Waals surface area contributed by atoms with Gasteiger partial charge in [0.25, 0.3) is 0 Å². The van der Waals surface area contributed by atoms with Crippen LogP contribution < -0.4 is 4.74 Å². The van der Waals surface area contributed by atoms with Crippen molar-refractivity contribution < 1.29 is 9.53 Å². The molecule has 0 amide bonds. The number of rotatable bonds is 2. The van der Waals surface area contributed by atoms with Gasteiger partial charge in [-0.25, -0.2) is 0 Å². The molecule has 0 saturated heterocycles. The topological polar surface area (TPSA) is 26.3 Å². The first kappa shape index (κ1) is 13.9. The molecule has 0 fully saturated rings. The first-order valence-corrected chi connectivity index (χ1v) is 6.59. The lowest BCUT2D eigenvalue weighted by Gasteiger charge is -2.18. The van der Waals surface area contributed by atoms with E-state index in [1.807, 2.05) is 24.3 Å². The zero-order valence-corrected chi connectivity index (χ0v) is 12.1. The number of ether oxygens (including phenoxy) is 1. The second kappa shape index (κ2) is 5.22. The summed E-state index contributed by atoms with van der Waals surface area (Å²) >= 11 is 6.00. The molecule has 3 heteroatoms. The van der Waals surface area contributed by atoms with Crippen LogP contribution in [-0.2, 0) is 4.79 Å². The van der Waals surface area contributed by atoms with Gasteiger partial charge in [0.1, 0.15) is 5.75 Å². The predicted molar refractivity (Wildman–Crippen MR) is 78.5 cm³/mol. The molecule has 1 aliphatic heterocycles. The molecule has 0 unspecified atom stereocenters. The van der Waals surface area contributed by atoms with Crippen molar-refractivity contribution >= 4 is 23.0 Å². The zero-order valence-electron chi connectivity index (χ0n) is 11.4. The van der Waals surface area contributed by atoms with Gasteiger partial charge in [-0.3, -0.25) is 4.79 Å². The standard InChI is InChI=1S/C16H17ClO2/c1-11(18)4-5-12-9-16(2,3)10-19-15-8-13(17)6-7-14(12)15/h4-9H,10H2,1-3H3/b5-4+. The van der Waals surface area contributed by atoms with Crippen LogP contribution in [0, 0.1) is 5.41 Å². The van der Waals surface area contributed by atoms with Crippen LogP contribution in [0.5, 0.6) is 5.75 Å². The quantitative estimate of drug-likeness (QED) is 0.754. The highest BCUT2D eigenvalue weighted by atomic mass is 35.5. The van der Waals surface area contributed by atoms with Crippen molar-refractivity contribution in [2.24, 2.45) is 5.41 Å². The van der Waals surface area contributed by atoms with Gasteiger partial charge < -0.3 is 4.74 Å². The summed E-state index contributed by atoms with van der Waals surface area (Å²) in [6.45, 7) is 6.32. The average Bonchev–Trinajstić information content (AvgIpc) is 2.44. The molecule has 0 N–H and O–H groups in total. The number of carbonyl (C=O) groups is 1. The molecule has 0 atom stereocenters. The summed E-state index contributed by atoms with van der Waals surface area (Å²) in [5, 5.41) is 0.647. The minimum atomic E-state index is -0.0953. The summed E-state index contributed by atoms with van der Waals surface area (Å²) < 4.78 is 5.83. The van der Waals surface area contributed by atoms with Gasteiger partial charge in [0.05, 0.1) is 6.61 Å². The second-order valence-corrected chi connectivity index (χ2v) is 5.90. The fraction of sp³-hybridized carbons (Fsp3) is 0.312. The van der Waals surface area contributed by atoms with Crippen LogP contribution >= 0.6 is 11.6 Å². The van der Waals surface area contributed by atoms with Crippen molar-refractivity contribution in [3.8, 4) is 5.75 Å². The van der Waals surface area contributed by atoms with E-state index in [0.29, 0.717) is 11.6 Å². The average molecular weight is 277 g/mol. The number of allylic oxidation sites excluding steroid dienone is 3. The molecule has 1 heterocycles. The monoisotopic (exact) mass is 276 g/mol. The van der Waals surface area contributed by atoms with E-state index in [1.165, 1.54) is 6.92 Å². The Morgan fingerprint density at radius 2 is 2.16 bits per heavy atom. The lowest BCUT2D eigenvalue weighted by molar-refractivity contribution is -0.112. The van der Waals surface area contributed by atoms with E-state index in [4.69, 9.17) is 16.3 Å². The summed E-state index contributed by atoms with van der Waals surface area (Å²) in [4.78, 5) is 11.1. The van der Waals surface area contributed by atoms with Crippen molar-refractivity contribution in [1.29, 1.82) is 0 Å². The maximum Gasteiger partial charge on any atom is 0.152 e. The van der Waals surface area contributed by atoms with E-state index in [9.17, 15) is 4.79 Å². The normalized spacial score (nSPS) is 17.4. The van der Waals surface area contributed by atoms with Gasteiger partial charge in [-0.2, -0.15) is 0 Å². The summed E-state index contributed by atoms with van der Waals surface area (Å²) in [5.41, 5.74) is 1.86. The Labute approximate surface area is 118 Å². The van der Waals surface area contributed by atoms with E-state index in [0.717, 1.165) is 16.9 Å². The molecule has 1 aromatic rings. The van der Waals surface area contributed by atoms with Gasteiger partial charge >= 0.3 is 0 Å². The Bertz CT molecular complexity index is 568. The molecule has 100 valence electrons. The smallest absolute Gasteiger partial charge is 0.152 e. The van der Waals surface area contributed by atoms with E-state index in [1.54, 1.807) is 6.08 Å². The summed E-state index contributed by atoms with van der Waals surface area (Å²) in [6, 6.07) is 5.57. The molecular formula is C16H17ClO2. The third-order valence-corrected chi connectivity index (χ3v) is 3.13. The Kier molecular flexibility index (Phi) is 3.81. The molecular weight excluding hydrogens is 260 g/mol. The molecule has 0 radical (unpaired) electrons. The van der Waals surface area contributed by atoms with Crippen molar-refractivity contribution in [1.82, 2.24) is 0 Å². The number of benzene rings is 1. The molecule has 2 rings (SSSR count). The molecule has 0 aromatic heterocycles. The third kappa shape index (κ3) is 3.48. The van der Waals surface area contributed by atoms with Crippen molar-refractivity contribution in [2.75, 3.05) is 6.61 Å². The highest BCUT2D eigenvalue weighted by molar-refractivity contribution is 6.30. The predicted octanol–water partition coefficient (Wildman–Crippen LogP) is 4.29. The molecule has 0 bridgehead atoms. The first-order chi connectivity index (χ1) is 8.87. The molecule has 0 saturated carbocycles.